The minimum Gasteiger partial charge on any atom is -0.466 e. The lowest BCUT2D eigenvalue weighted by molar-refractivity contribution is -0.142. The summed E-state index contributed by atoms with van der Waals surface area (Å²) in [7, 11) is 0. The number of esters is 1. The molecule has 14 heavy (non-hydrogen) atoms. The molecule has 0 aromatic carbocycles. The van der Waals surface area contributed by atoms with Crippen LogP contribution in [0.4, 0.5) is 4.39 Å². The van der Waals surface area contributed by atoms with E-state index in [1.807, 2.05) is 22.6 Å². The zero-order chi connectivity index (χ0) is 10.6. The Labute approximate surface area is 94.8 Å². The van der Waals surface area contributed by atoms with E-state index in [2.05, 4.69) is 4.98 Å². The SMILES string of the molecule is CCOC(=O)Cc1cnc(F)c(I)c1. The second-order valence-corrected chi connectivity index (χ2v) is 3.76. The van der Waals surface area contributed by atoms with Gasteiger partial charge in [0, 0.05) is 6.20 Å². The van der Waals surface area contributed by atoms with Gasteiger partial charge in [-0.25, -0.2) is 4.98 Å². The summed E-state index contributed by atoms with van der Waals surface area (Å²) in [6.45, 7) is 2.09. The number of carbonyl (C=O) groups excluding carboxylic acids is 1. The highest BCUT2D eigenvalue weighted by molar-refractivity contribution is 14.1. The largest absolute Gasteiger partial charge is 0.466 e. The van der Waals surface area contributed by atoms with Gasteiger partial charge >= 0.3 is 5.97 Å². The maximum atomic E-state index is 12.7. The molecule has 0 saturated carbocycles. The molecule has 1 rings (SSSR count). The Kier molecular flexibility index (Phi) is 4.24. The third-order valence-corrected chi connectivity index (χ3v) is 2.26. The highest BCUT2D eigenvalue weighted by Gasteiger charge is 2.07. The van der Waals surface area contributed by atoms with Crippen molar-refractivity contribution < 1.29 is 13.9 Å². The molecule has 3 nitrogen and oxygen atoms in total. The topological polar surface area (TPSA) is 39.2 Å². The van der Waals surface area contributed by atoms with E-state index < -0.39 is 5.95 Å². The molecule has 0 aliphatic rings. The summed E-state index contributed by atoms with van der Waals surface area (Å²) in [4.78, 5) is 14.6. The van der Waals surface area contributed by atoms with E-state index in [-0.39, 0.29) is 12.4 Å². The predicted octanol–water partition coefficient (Wildman–Crippen LogP) is 1.93. The van der Waals surface area contributed by atoms with Crippen molar-refractivity contribution in [3.05, 3.63) is 27.3 Å². The Morgan fingerprint density at radius 2 is 2.43 bits per heavy atom. The first kappa shape index (κ1) is 11.4. The van der Waals surface area contributed by atoms with E-state index in [0.717, 1.165) is 0 Å². The number of aromatic nitrogens is 1. The van der Waals surface area contributed by atoms with Crippen LogP contribution in [0.1, 0.15) is 12.5 Å². The van der Waals surface area contributed by atoms with Crippen molar-refractivity contribution >= 4 is 28.6 Å². The second-order valence-electron chi connectivity index (χ2n) is 2.60. The Morgan fingerprint density at radius 1 is 1.71 bits per heavy atom. The first-order chi connectivity index (χ1) is 6.63. The van der Waals surface area contributed by atoms with Gasteiger partial charge < -0.3 is 4.74 Å². The van der Waals surface area contributed by atoms with Crippen LogP contribution in [0.3, 0.4) is 0 Å². The number of rotatable bonds is 3. The number of pyridine rings is 1. The van der Waals surface area contributed by atoms with Crippen LogP contribution in [-0.2, 0) is 16.0 Å². The Bertz CT molecular complexity index is 344. The van der Waals surface area contributed by atoms with Gasteiger partial charge in [0.1, 0.15) is 0 Å². The zero-order valence-electron chi connectivity index (χ0n) is 7.59. The quantitative estimate of drug-likeness (QED) is 0.486. The summed E-state index contributed by atoms with van der Waals surface area (Å²) >= 11 is 1.83. The molecule has 0 N–H and O–H groups in total. The molecule has 1 heterocycles. The number of hydrogen-bond donors (Lipinski definition) is 0. The van der Waals surface area contributed by atoms with Gasteiger partial charge in [-0.15, -0.1) is 0 Å². The standard InChI is InChI=1S/C9H9FINO2/c1-2-14-8(13)4-6-3-7(11)9(10)12-5-6/h3,5H,2,4H2,1H3. The number of hydrogen-bond acceptors (Lipinski definition) is 3. The monoisotopic (exact) mass is 309 g/mol. The molecule has 0 spiro atoms. The van der Waals surface area contributed by atoms with Crippen LogP contribution in [0.5, 0.6) is 0 Å². The molecule has 0 amide bonds. The Morgan fingerprint density at radius 3 is 3.00 bits per heavy atom. The molecule has 5 heteroatoms. The van der Waals surface area contributed by atoms with Gasteiger partial charge in [-0.2, -0.15) is 4.39 Å². The van der Waals surface area contributed by atoms with Crippen LogP contribution in [0.15, 0.2) is 12.3 Å². The van der Waals surface area contributed by atoms with Crippen LogP contribution in [0.25, 0.3) is 0 Å². The average molecular weight is 309 g/mol. The highest BCUT2D eigenvalue weighted by atomic mass is 127. The number of nitrogens with zero attached hydrogens (tertiary/aromatic N) is 1. The van der Waals surface area contributed by atoms with E-state index in [1.165, 1.54) is 6.20 Å². The molecule has 0 fully saturated rings. The van der Waals surface area contributed by atoms with Gasteiger partial charge in [-0.3, -0.25) is 4.79 Å². The lowest BCUT2D eigenvalue weighted by Crippen LogP contribution is -2.08. The molecule has 0 atom stereocenters. The smallest absolute Gasteiger partial charge is 0.310 e. The highest BCUT2D eigenvalue weighted by Crippen LogP contribution is 2.10. The summed E-state index contributed by atoms with van der Waals surface area (Å²) < 4.78 is 17.9. The first-order valence-electron chi connectivity index (χ1n) is 4.09. The lowest BCUT2D eigenvalue weighted by Gasteiger charge is -2.02. The molecular weight excluding hydrogens is 300 g/mol. The van der Waals surface area contributed by atoms with Gasteiger partial charge in [0.15, 0.2) is 0 Å². The minimum absolute atomic E-state index is 0.136. The van der Waals surface area contributed by atoms with Crippen LogP contribution in [0.2, 0.25) is 0 Å². The molecule has 1 aromatic rings. The van der Waals surface area contributed by atoms with Crippen LogP contribution >= 0.6 is 22.6 Å². The van der Waals surface area contributed by atoms with Gasteiger partial charge in [0.25, 0.3) is 0 Å². The molecule has 0 bridgehead atoms. The number of carbonyl (C=O) groups is 1. The van der Waals surface area contributed by atoms with Gasteiger partial charge in [0.05, 0.1) is 16.6 Å². The van der Waals surface area contributed by atoms with Gasteiger partial charge in [0.2, 0.25) is 5.95 Å². The fourth-order valence-corrected chi connectivity index (χ4v) is 1.48. The van der Waals surface area contributed by atoms with E-state index in [1.54, 1.807) is 13.0 Å². The molecule has 0 saturated heterocycles. The Hall–Kier alpha value is -0.720. The van der Waals surface area contributed by atoms with Crippen molar-refractivity contribution in [1.29, 1.82) is 0 Å². The maximum absolute atomic E-state index is 12.7. The summed E-state index contributed by atoms with van der Waals surface area (Å²) in [5.41, 5.74) is 0.661. The van der Waals surface area contributed by atoms with Crippen molar-refractivity contribution in [2.75, 3.05) is 6.61 Å². The van der Waals surface area contributed by atoms with E-state index >= 15 is 0 Å². The average Bonchev–Trinajstić information content (AvgIpc) is 2.12. The summed E-state index contributed by atoms with van der Waals surface area (Å²) in [6, 6.07) is 1.58. The second kappa shape index (κ2) is 5.23. The number of ether oxygens (including phenoxy) is 1. The third-order valence-electron chi connectivity index (χ3n) is 1.51. The van der Waals surface area contributed by atoms with Gasteiger partial charge in [-0.05, 0) is 41.1 Å². The fraction of sp³-hybridized carbons (Fsp3) is 0.333. The lowest BCUT2D eigenvalue weighted by atomic mass is 10.2. The van der Waals surface area contributed by atoms with E-state index in [4.69, 9.17) is 4.74 Å². The third kappa shape index (κ3) is 3.21. The first-order valence-corrected chi connectivity index (χ1v) is 5.17. The molecule has 1 aromatic heterocycles. The van der Waals surface area contributed by atoms with Crippen molar-refractivity contribution in [3.8, 4) is 0 Å². The molecule has 0 aliphatic carbocycles. The summed E-state index contributed by atoms with van der Waals surface area (Å²) in [5, 5.41) is 0. The normalized spacial score (nSPS) is 9.93. The maximum Gasteiger partial charge on any atom is 0.310 e. The molecule has 76 valence electrons. The molecular formula is C9H9FINO2. The van der Waals surface area contributed by atoms with E-state index in [9.17, 15) is 9.18 Å². The van der Waals surface area contributed by atoms with Crippen LogP contribution in [0, 0.1) is 9.52 Å². The molecule has 0 aliphatic heterocycles. The predicted molar refractivity (Wildman–Crippen MR) is 57.2 cm³/mol. The van der Waals surface area contributed by atoms with Crippen molar-refractivity contribution in [2.45, 2.75) is 13.3 Å². The fourth-order valence-electron chi connectivity index (χ4n) is 0.936. The van der Waals surface area contributed by atoms with Gasteiger partial charge in [-0.1, -0.05) is 0 Å². The van der Waals surface area contributed by atoms with E-state index in [0.29, 0.717) is 15.7 Å². The summed E-state index contributed by atoms with van der Waals surface area (Å²) in [6.07, 6.45) is 1.48. The Balaban J connectivity index is 2.68. The number of halogens is 2. The van der Waals surface area contributed by atoms with Crippen molar-refractivity contribution in [2.24, 2.45) is 0 Å². The van der Waals surface area contributed by atoms with Crippen molar-refractivity contribution in [3.63, 3.8) is 0 Å². The molecule has 0 radical (unpaired) electrons. The summed E-state index contributed by atoms with van der Waals surface area (Å²) in [5.74, 6) is -0.838. The minimum atomic E-state index is -0.516. The zero-order valence-corrected chi connectivity index (χ0v) is 9.75. The van der Waals surface area contributed by atoms with Crippen LogP contribution in [-0.4, -0.2) is 17.6 Å². The van der Waals surface area contributed by atoms with Crippen molar-refractivity contribution in [1.82, 2.24) is 4.98 Å². The van der Waals surface area contributed by atoms with Crippen LogP contribution < -0.4 is 0 Å². The molecule has 0 unspecified atom stereocenters.